The van der Waals surface area contributed by atoms with Crippen LogP contribution in [0.1, 0.15) is 83.3 Å². The quantitative estimate of drug-likeness (QED) is 0.0730. The van der Waals surface area contributed by atoms with Gasteiger partial charge in [0.15, 0.2) is 22.7 Å². The third kappa shape index (κ3) is 16.0. The Hall–Kier alpha value is -6.07. The van der Waals surface area contributed by atoms with Gasteiger partial charge >= 0.3 is 0 Å². The number of allylic oxidation sites excluding steroid dienone is 10. The maximum atomic E-state index is 12.5. The van der Waals surface area contributed by atoms with Crippen LogP contribution in [-0.2, 0) is 44.6 Å². The number of carbonyl (C=O) groups is 5. The van der Waals surface area contributed by atoms with Gasteiger partial charge in [-0.3, -0.25) is 24.0 Å². The van der Waals surface area contributed by atoms with Gasteiger partial charge in [-0.25, -0.2) is 0 Å². The summed E-state index contributed by atoms with van der Waals surface area (Å²) >= 11 is 0. The fourth-order valence-corrected chi connectivity index (χ4v) is 5.83. The molecule has 59 heavy (non-hydrogen) atoms. The number of carbonyl (C=O) groups excluding carboxylic acids is 5. The van der Waals surface area contributed by atoms with E-state index in [2.05, 4.69) is 83.6 Å². The van der Waals surface area contributed by atoms with Crippen molar-refractivity contribution in [2.45, 2.75) is 83.3 Å². The smallest absolute Gasteiger partial charge is 0.286 e. The van der Waals surface area contributed by atoms with Crippen LogP contribution < -0.4 is 21.7 Å². The molecule has 2 heterocycles. The van der Waals surface area contributed by atoms with Crippen LogP contribution in [0.2, 0.25) is 0 Å². The van der Waals surface area contributed by atoms with Crippen LogP contribution in [0.4, 0.5) is 0 Å². The third-order valence-corrected chi connectivity index (χ3v) is 9.28. The lowest BCUT2D eigenvalue weighted by molar-refractivity contribution is -0.133. The Balaban J connectivity index is 0.000000405. The number of hydrogen-bond acceptors (Lipinski definition) is 8. The number of hydrogen-bond donors (Lipinski definition) is 4. The maximum absolute atomic E-state index is 12.5. The summed E-state index contributed by atoms with van der Waals surface area (Å²) in [7, 11) is 0. The van der Waals surface area contributed by atoms with Crippen molar-refractivity contribution in [2.75, 3.05) is 26.2 Å². The molecule has 0 saturated carbocycles. The first-order valence-corrected chi connectivity index (χ1v) is 20.3. The molecule has 2 aliphatic rings. The van der Waals surface area contributed by atoms with E-state index < -0.39 is 23.0 Å². The highest BCUT2D eigenvalue weighted by molar-refractivity contribution is 6.08. The minimum absolute atomic E-state index is 0.0141. The topological polar surface area (TPSA) is 166 Å². The van der Waals surface area contributed by atoms with Gasteiger partial charge in [0.05, 0.1) is 0 Å². The summed E-state index contributed by atoms with van der Waals surface area (Å²) in [4.78, 5) is 60.8. The monoisotopic (exact) mass is 804 g/mol. The Bertz CT molecular complexity index is 1900. The molecule has 2 unspecified atom stereocenters. The summed E-state index contributed by atoms with van der Waals surface area (Å²) in [6, 6.07) is 18.2. The lowest BCUT2D eigenvalue weighted by Gasteiger charge is -2.24. The van der Waals surface area contributed by atoms with Crippen LogP contribution in [0, 0.1) is 0 Å². The van der Waals surface area contributed by atoms with Gasteiger partial charge in [-0.05, 0) is 58.8 Å². The zero-order valence-electron chi connectivity index (χ0n) is 34.6. The van der Waals surface area contributed by atoms with E-state index in [1.807, 2.05) is 36.4 Å². The summed E-state index contributed by atoms with van der Waals surface area (Å²) < 4.78 is 11.3. The molecular formula is C48H60N4O7. The van der Waals surface area contributed by atoms with E-state index in [1.54, 1.807) is 38.1 Å². The van der Waals surface area contributed by atoms with Crippen molar-refractivity contribution in [1.82, 2.24) is 16.0 Å². The Labute approximate surface area is 349 Å². The molecule has 2 aromatic carbocycles. The van der Waals surface area contributed by atoms with E-state index in [-0.39, 0.29) is 35.5 Å². The highest BCUT2D eigenvalue weighted by Crippen LogP contribution is 2.35. The minimum Gasteiger partial charge on any atom is -0.469 e. The Morgan fingerprint density at radius 1 is 0.593 bits per heavy atom. The number of ketones is 2. The number of rotatable bonds is 22. The zero-order chi connectivity index (χ0) is 42.8. The second-order valence-electron chi connectivity index (χ2n) is 14.0. The normalized spacial score (nSPS) is 18.8. The van der Waals surface area contributed by atoms with Gasteiger partial charge in [-0.1, -0.05) is 128 Å². The molecule has 2 aliphatic heterocycles. The van der Waals surface area contributed by atoms with E-state index in [9.17, 15) is 24.0 Å². The summed E-state index contributed by atoms with van der Waals surface area (Å²) in [6.07, 6.45) is 31.1. The predicted molar refractivity (Wildman–Crippen MR) is 232 cm³/mol. The highest BCUT2D eigenvalue weighted by atomic mass is 16.5. The lowest BCUT2D eigenvalue weighted by Crippen LogP contribution is -2.36. The number of unbranched alkanes of at least 4 members (excludes halogenated alkanes) is 1. The van der Waals surface area contributed by atoms with Gasteiger partial charge in [-0.15, -0.1) is 0 Å². The molecule has 2 aromatic rings. The first-order chi connectivity index (χ1) is 28.5. The van der Waals surface area contributed by atoms with Gasteiger partial charge in [0.2, 0.25) is 17.5 Å². The fourth-order valence-electron chi connectivity index (χ4n) is 5.83. The summed E-state index contributed by atoms with van der Waals surface area (Å²) in [5.41, 5.74) is 4.39. The van der Waals surface area contributed by atoms with Crippen LogP contribution in [0.5, 0.6) is 0 Å². The van der Waals surface area contributed by atoms with Crippen LogP contribution in [0.25, 0.3) is 0 Å². The minimum atomic E-state index is -1.20. The van der Waals surface area contributed by atoms with Crippen LogP contribution >= 0.6 is 0 Å². The van der Waals surface area contributed by atoms with Gasteiger partial charge in [0.25, 0.3) is 11.8 Å². The molecule has 11 nitrogen and oxygen atoms in total. The molecule has 2 atom stereocenters. The van der Waals surface area contributed by atoms with E-state index >= 15 is 0 Å². The Kier molecular flexibility index (Phi) is 20.9. The van der Waals surface area contributed by atoms with Crippen molar-refractivity contribution >= 4 is 29.3 Å². The van der Waals surface area contributed by atoms with Crippen LogP contribution in [0.3, 0.4) is 0 Å². The van der Waals surface area contributed by atoms with Gasteiger partial charge in [-0.2, -0.15) is 0 Å². The Morgan fingerprint density at radius 2 is 1.00 bits per heavy atom. The molecule has 5 N–H and O–H groups in total. The molecule has 0 fully saturated rings. The molecule has 0 saturated heterocycles. The first kappa shape index (κ1) is 47.3. The lowest BCUT2D eigenvalue weighted by atomic mass is 9.92. The average Bonchev–Trinajstić information content (AvgIpc) is 3.74. The van der Waals surface area contributed by atoms with Crippen molar-refractivity contribution in [2.24, 2.45) is 5.73 Å². The second kappa shape index (κ2) is 26.0. The molecule has 3 amide bonds. The maximum Gasteiger partial charge on any atom is 0.286 e. The molecule has 11 heteroatoms. The van der Waals surface area contributed by atoms with Crippen LogP contribution in [0.15, 0.2) is 145 Å². The predicted octanol–water partition coefficient (Wildman–Crippen LogP) is 7.00. The van der Waals surface area contributed by atoms with Crippen LogP contribution in [-0.4, -0.2) is 55.5 Å². The molecule has 0 aromatic heterocycles. The number of nitrogens with two attached hydrogens (primary N) is 1. The summed E-state index contributed by atoms with van der Waals surface area (Å²) in [5.74, 6) is -1.44. The molecule has 0 spiro atoms. The molecule has 0 aliphatic carbocycles. The fraction of sp³-hybridized carbons (Fsp3) is 0.354. The SMILES string of the molecule is CC/C=C\C/C=C\C/C=C\C/C=C\C/C=C\CCCC(=O)NCCNC(=O)C1=CC(=O)C(C)(c2ccccc2)O1.CC1(c2ccccc2)OC(C(=O)NCCN)=CC1=O. The van der Waals surface area contributed by atoms with Crippen molar-refractivity contribution in [3.63, 3.8) is 0 Å². The van der Waals surface area contributed by atoms with E-state index in [0.717, 1.165) is 50.5 Å². The van der Waals surface area contributed by atoms with E-state index in [0.29, 0.717) is 31.6 Å². The average molecular weight is 805 g/mol. The summed E-state index contributed by atoms with van der Waals surface area (Å²) in [6.45, 7) is 6.69. The zero-order valence-corrected chi connectivity index (χ0v) is 34.6. The summed E-state index contributed by atoms with van der Waals surface area (Å²) in [5, 5.41) is 8.07. The highest BCUT2D eigenvalue weighted by Gasteiger charge is 2.44. The molecule has 314 valence electrons. The number of nitrogens with one attached hydrogen (secondary N) is 3. The number of amides is 3. The Morgan fingerprint density at radius 3 is 1.44 bits per heavy atom. The molecule has 0 radical (unpaired) electrons. The largest absolute Gasteiger partial charge is 0.469 e. The third-order valence-electron chi connectivity index (χ3n) is 9.28. The number of benzene rings is 2. The first-order valence-electron chi connectivity index (χ1n) is 20.3. The van der Waals surface area contributed by atoms with Crippen molar-refractivity contribution < 1.29 is 33.4 Å². The standard InChI is InChI=1S/C34H44N2O4.C14H16N2O3/c1-3-4-5-6-7-8-9-10-11-12-13-14-15-16-17-18-22-25-32(38)35-26-27-36-33(39)30-28-31(37)34(2,40-30)29-23-20-19-21-24-29;1-14(10-5-3-2-4-6-10)12(17)9-11(19-14)13(18)16-8-7-15/h4-5,7-8,10-11,13-14,16-17,19-21,23-24,28H,3,6,9,12,15,18,22,25-27H2,1-2H3,(H,35,38)(H,36,39);2-6,9H,7-8,15H2,1H3,(H,16,18)/b5-4-,8-7-,11-10-,14-13-,17-16-;. The molecule has 0 bridgehead atoms. The van der Waals surface area contributed by atoms with Gasteiger partial charge in [0, 0.05) is 55.9 Å². The van der Waals surface area contributed by atoms with Crippen molar-refractivity contribution in [3.8, 4) is 0 Å². The molecular weight excluding hydrogens is 745 g/mol. The number of ether oxygens (including phenoxy) is 2. The molecule has 4 rings (SSSR count). The van der Waals surface area contributed by atoms with E-state index in [4.69, 9.17) is 15.2 Å². The van der Waals surface area contributed by atoms with Crippen molar-refractivity contribution in [1.29, 1.82) is 0 Å². The van der Waals surface area contributed by atoms with Gasteiger partial charge < -0.3 is 31.2 Å². The van der Waals surface area contributed by atoms with Gasteiger partial charge in [0.1, 0.15) is 0 Å². The van der Waals surface area contributed by atoms with Crippen molar-refractivity contribution in [3.05, 3.63) is 156 Å². The van der Waals surface area contributed by atoms with E-state index in [1.165, 1.54) is 12.2 Å². The second-order valence-corrected chi connectivity index (χ2v) is 14.0.